The van der Waals surface area contributed by atoms with Gasteiger partial charge in [0, 0.05) is 13.1 Å². The highest BCUT2D eigenvalue weighted by molar-refractivity contribution is 5.76. The van der Waals surface area contributed by atoms with Gasteiger partial charge in [-0.25, -0.2) is 4.79 Å². The molecular weight excluding hydrogens is 262 g/mol. The van der Waals surface area contributed by atoms with Gasteiger partial charge in [0.25, 0.3) is 0 Å². The largest absolute Gasteiger partial charge is 0.328 e. The van der Waals surface area contributed by atoms with Crippen molar-refractivity contribution in [1.82, 2.24) is 10.2 Å². The first-order valence-corrected chi connectivity index (χ1v) is 7.71. The Morgan fingerprint density at radius 1 is 1.38 bits per heavy atom. The Morgan fingerprint density at radius 3 is 2.71 bits per heavy atom. The zero-order valence-corrected chi connectivity index (χ0v) is 12.4. The third-order valence-electron chi connectivity index (χ3n) is 4.71. The number of nitrogens with zero attached hydrogens (tertiary/aromatic N) is 2. The van der Waals surface area contributed by atoms with Crippen LogP contribution < -0.4 is 5.32 Å². The van der Waals surface area contributed by atoms with Crippen LogP contribution >= 0.6 is 0 Å². The van der Waals surface area contributed by atoms with Crippen LogP contribution in [0.5, 0.6) is 0 Å². The van der Waals surface area contributed by atoms with Crippen molar-refractivity contribution in [2.75, 3.05) is 13.1 Å². The van der Waals surface area contributed by atoms with E-state index in [9.17, 15) is 4.79 Å². The molecule has 1 aliphatic carbocycles. The second-order valence-corrected chi connectivity index (χ2v) is 6.37. The summed E-state index contributed by atoms with van der Waals surface area (Å²) in [7, 11) is 0. The summed E-state index contributed by atoms with van der Waals surface area (Å²) >= 11 is 0. The van der Waals surface area contributed by atoms with E-state index in [4.69, 9.17) is 5.26 Å². The molecule has 1 saturated heterocycles. The molecule has 4 nitrogen and oxygen atoms in total. The van der Waals surface area contributed by atoms with E-state index in [-0.39, 0.29) is 11.6 Å². The summed E-state index contributed by atoms with van der Waals surface area (Å²) in [6.45, 7) is 3.94. The maximum absolute atomic E-state index is 12.4. The van der Waals surface area contributed by atoms with Crippen molar-refractivity contribution in [3.05, 3.63) is 35.4 Å². The number of benzene rings is 1. The molecule has 1 heterocycles. The van der Waals surface area contributed by atoms with Crippen LogP contribution in [0.25, 0.3) is 0 Å². The highest BCUT2D eigenvalue weighted by atomic mass is 16.2. The molecule has 2 amide bonds. The summed E-state index contributed by atoms with van der Waals surface area (Å²) in [5.74, 6) is 0.719. The lowest BCUT2D eigenvalue weighted by Gasteiger charge is -2.32. The molecule has 0 aromatic heterocycles. The number of piperidine rings is 1. The molecule has 1 aromatic carbocycles. The standard InChI is InChI=1S/C17H21N3O/c1-13-5-9-20(10-6-13)16(21)19-17(7-8-17)15-4-2-3-14(11-15)12-18/h2-4,11,13H,5-10H2,1H3,(H,19,21). The zero-order valence-electron chi connectivity index (χ0n) is 12.4. The molecule has 2 aliphatic rings. The number of carbonyl (C=O) groups is 1. The van der Waals surface area contributed by atoms with Gasteiger partial charge in [0.1, 0.15) is 0 Å². The molecule has 0 unspecified atom stereocenters. The van der Waals surface area contributed by atoms with Crippen LogP contribution in [0.3, 0.4) is 0 Å². The molecule has 4 heteroatoms. The Kier molecular flexibility index (Phi) is 3.59. The van der Waals surface area contributed by atoms with Crippen molar-refractivity contribution in [2.45, 2.75) is 38.1 Å². The van der Waals surface area contributed by atoms with Gasteiger partial charge in [-0.2, -0.15) is 5.26 Å². The van der Waals surface area contributed by atoms with Gasteiger partial charge in [-0.05, 0) is 49.3 Å². The van der Waals surface area contributed by atoms with Crippen molar-refractivity contribution in [1.29, 1.82) is 5.26 Å². The minimum absolute atomic E-state index is 0.0433. The van der Waals surface area contributed by atoms with E-state index >= 15 is 0 Å². The van der Waals surface area contributed by atoms with Crippen molar-refractivity contribution in [3.63, 3.8) is 0 Å². The lowest BCUT2D eigenvalue weighted by molar-refractivity contribution is 0.169. The minimum atomic E-state index is -0.243. The number of rotatable bonds is 2. The van der Waals surface area contributed by atoms with E-state index < -0.39 is 0 Å². The van der Waals surface area contributed by atoms with Gasteiger partial charge in [-0.15, -0.1) is 0 Å². The number of hydrogen-bond donors (Lipinski definition) is 1. The Morgan fingerprint density at radius 2 is 2.10 bits per heavy atom. The molecule has 0 bridgehead atoms. The molecule has 1 N–H and O–H groups in total. The fraction of sp³-hybridized carbons (Fsp3) is 0.529. The van der Waals surface area contributed by atoms with Gasteiger partial charge in [-0.1, -0.05) is 19.1 Å². The van der Waals surface area contributed by atoms with Crippen LogP contribution in [-0.4, -0.2) is 24.0 Å². The Hall–Kier alpha value is -2.02. The summed E-state index contributed by atoms with van der Waals surface area (Å²) in [6.07, 6.45) is 4.09. The molecule has 110 valence electrons. The quantitative estimate of drug-likeness (QED) is 0.907. The van der Waals surface area contributed by atoms with E-state index in [0.717, 1.165) is 50.3 Å². The number of likely N-dealkylation sites (tertiary alicyclic amines) is 1. The highest BCUT2D eigenvalue weighted by Gasteiger charge is 2.46. The number of hydrogen-bond acceptors (Lipinski definition) is 2. The molecule has 0 atom stereocenters. The Bertz CT molecular complexity index is 578. The van der Waals surface area contributed by atoms with Gasteiger partial charge in [0.2, 0.25) is 0 Å². The molecular formula is C17H21N3O. The van der Waals surface area contributed by atoms with Crippen LogP contribution in [0.1, 0.15) is 43.7 Å². The number of urea groups is 1. The van der Waals surface area contributed by atoms with E-state index in [1.807, 2.05) is 23.1 Å². The van der Waals surface area contributed by atoms with Crippen LogP contribution in [0, 0.1) is 17.2 Å². The lowest BCUT2D eigenvalue weighted by atomic mass is 9.99. The monoisotopic (exact) mass is 283 g/mol. The summed E-state index contributed by atoms with van der Waals surface area (Å²) in [6, 6.07) is 9.80. The van der Waals surface area contributed by atoms with Gasteiger partial charge < -0.3 is 10.2 Å². The van der Waals surface area contributed by atoms with Crippen LogP contribution in [0.4, 0.5) is 4.79 Å². The highest BCUT2D eigenvalue weighted by Crippen LogP contribution is 2.45. The van der Waals surface area contributed by atoms with Crippen molar-refractivity contribution in [2.24, 2.45) is 5.92 Å². The minimum Gasteiger partial charge on any atom is -0.328 e. The first-order valence-electron chi connectivity index (χ1n) is 7.71. The Balaban J connectivity index is 1.69. The summed E-state index contributed by atoms with van der Waals surface area (Å²) in [5.41, 5.74) is 1.47. The van der Waals surface area contributed by atoms with E-state index in [0.29, 0.717) is 5.56 Å². The van der Waals surface area contributed by atoms with Crippen LogP contribution in [0.2, 0.25) is 0 Å². The first kappa shape index (κ1) is 13.9. The average molecular weight is 283 g/mol. The van der Waals surface area contributed by atoms with Crippen molar-refractivity contribution < 1.29 is 4.79 Å². The maximum atomic E-state index is 12.4. The average Bonchev–Trinajstić information content (AvgIpc) is 3.29. The van der Waals surface area contributed by atoms with Crippen molar-refractivity contribution >= 4 is 6.03 Å². The van der Waals surface area contributed by atoms with E-state index in [1.165, 1.54) is 0 Å². The summed E-state index contributed by atoms with van der Waals surface area (Å²) in [4.78, 5) is 14.4. The van der Waals surface area contributed by atoms with Crippen molar-refractivity contribution in [3.8, 4) is 6.07 Å². The Labute approximate surface area is 125 Å². The zero-order chi connectivity index (χ0) is 14.9. The smallest absolute Gasteiger partial charge is 0.318 e. The number of nitriles is 1. The molecule has 3 rings (SSSR count). The molecule has 21 heavy (non-hydrogen) atoms. The molecule has 1 aromatic rings. The lowest BCUT2D eigenvalue weighted by Crippen LogP contribution is -2.47. The SMILES string of the molecule is CC1CCN(C(=O)NC2(c3cccc(C#N)c3)CC2)CC1. The van der Waals surface area contributed by atoms with Gasteiger partial charge in [-0.3, -0.25) is 0 Å². The molecule has 1 aliphatic heterocycles. The van der Waals surface area contributed by atoms with Gasteiger partial charge in [0.15, 0.2) is 0 Å². The predicted molar refractivity (Wildman–Crippen MR) is 80.6 cm³/mol. The third-order valence-corrected chi connectivity index (χ3v) is 4.71. The fourth-order valence-electron chi connectivity index (χ4n) is 2.99. The fourth-order valence-corrected chi connectivity index (χ4v) is 2.99. The maximum Gasteiger partial charge on any atom is 0.318 e. The second kappa shape index (κ2) is 5.40. The van der Waals surface area contributed by atoms with E-state index in [1.54, 1.807) is 6.07 Å². The van der Waals surface area contributed by atoms with Crippen LogP contribution in [-0.2, 0) is 5.54 Å². The van der Waals surface area contributed by atoms with Crippen LogP contribution in [0.15, 0.2) is 24.3 Å². The summed E-state index contributed by atoms with van der Waals surface area (Å²) in [5, 5.41) is 12.2. The van der Waals surface area contributed by atoms with Gasteiger partial charge >= 0.3 is 6.03 Å². The number of amides is 2. The third kappa shape index (κ3) is 2.87. The number of nitrogens with one attached hydrogen (secondary N) is 1. The molecule has 0 spiro atoms. The van der Waals surface area contributed by atoms with E-state index in [2.05, 4.69) is 18.3 Å². The number of carbonyl (C=O) groups excluding carboxylic acids is 1. The first-order chi connectivity index (χ1) is 10.1. The van der Waals surface area contributed by atoms with Gasteiger partial charge in [0.05, 0.1) is 17.2 Å². The summed E-state index contributed by atoms with van der Waals surface area (Å²) < 4.78 is 0. The topological polar surface area (TPSA) is 56.1 Å². The predicted octanol–water partition coefficient (Wildman–Crippen LogP) is 2.99. The molecule has 0 radical (unpaired) electrons. The normalized spacial score (nSPS) is 20.7. The molecule has 1 saturated carbocycles. The molecule has 2 fully saturated rings. The second-order valence-electron chi connectivity index (χ2n) is 6.37.